The topological polar surface area (TPSA) is 69.2 Å². The number of piperazine rings is 1. The maximum absolute atomic E-state index is 4.64. The van der Waals surface area contributed by atoms with Crippen molar-refractivity contribution in [2.75, 3.05) is 50.0 Å². The molecule has 7 heteroatoms. The summed E-state index contributed by atoms with van der Waals surface area (Å²) in [6.07, 6.45) is 4.78. The van der Waals surface area contributed by atoms with Gasteiger partial charge in [0.05, 0.1) is 5.69 Å². The van der Waals surface area contributed by atoms with Gasteiger partial charge in [-0.05, 0) is 31.6 Å². The van der Waals surface area contributed by atoms with Crippen LogP contribution in [0.3, 0.4) is 0 Å². The summed E-state index contributed by atoms with van der Waals surface area (Å²) in [7, 11) is 2.16. The number of likely N-dealkylation sites (N-methyl/N-ethyl adjacent to an activating group) is 1. The Morgan fingerprint density at radius 2 is 2.04 bits per heavy atom. The van der Waals surface area contributed by atoms with Crippen LogP contribution >= 0.6 is 0 Å². The van der Waals surface area contributed by atoms with E-state index in [0.29, 0.717) is 5.95 Å². The van der Waals surface area contributed by atoms with Gasteiger partial charge >= 0.3 is 0 Å². The van der Waals surface area contributed by atoms with Crippen molar-refractivity contribution in [1.82, 2.24) is 25.2 Å². The van der Waals surface area contributed by atoms with E-state index >= 15 is 0 Å². The molecule has 0 spiro atoms. The second kappa shape index (κ2) is 6.70. The highest BCUT2D eigenvalue weighted by Crippen LogP contribution is 2.21. The summed E-state index contributed by atoms with van der Waals surface area (Å²) in [5.74, 6) is 1.65. The molecular weight excluding hydrogens is 302 g/mol. The summed E-state index contributed by atoms with van der Waals surface area (Å²) in [5, 5.41) is 6.66. The zero-order chi connectivity index (χ0) is 16.4. The normalized spacial score (nSPS) is 18.3. The van der Waals surface area contributed by atoms with Crippen LogP contribution < -0.4 is 15.5 Å². The van der Waals surface area contributed by atoms with Crippen LogP contribution in [-0.2, 0) is 13.0 Å². The average molecular weight is 325 g/mol. The fourth-order valence-electron chi connectivity index (χ4n) is 3.13. The highest BCUT2D eigenvalue weighted by atomic mass is 15.3. The summed E-state index contributed by atoms with van der Waals surface area (Å²) in [6.45, 7) is 5.97. The molecule has 1 saturated heterocycles. The number of rotatable bonds is 3. The number of aromatic nitrogens is 3. The first-order valence-corrected chi connectivity index (χ1v) is 8.50. The average Bonchev–Trinajstić information content (AvgIpc) is 2.62. The van der Waals surface area contributed by atoms with Crippen molar-refractivity contribution < 1.29 is 0 Å². The van der Waals surface area contributed by atoms with Gasteiger partial charge < -0.3 is 20.4 Å². The second-order valence-electron chi connectivity index (χ2n) is 6.41. The van der Waals surface area contributed by atoms with Crippen molar-refractivity contribution in [3.63, 3.8) is 0 Å². The van der Waals surface area contributed by atoms with E-state index in [0.717, 1.165) is 62.9 Å². The number of fused-ring (bicyclic) bond motifs is 1. The van der Waals surface area contributed by atoms with Gasteiger partial charge in [-0.15, -0.1) is 0 Å². The van der Waals surface area contributed by atoms with E-state index in [9.17, 15) is 0 Å². The lowest BCUT2D eigenvalue weighted by atomic mass is 10.1. The molecule has 2 N–H and O–H groups in total. The molecule has 0 radical (unpaired) electrons. The van der Waals surface area contributed by atoms with Gasteiger partial charge in [0.25, 0.3) is 0 Å². The van der Waals surface area contributed by atoms with Crippen molar-refractivity contribution in [2.45, 2.75) is 13.0 Å². The van der Waals surface area contributed by atoms with Gasteiger partial charge in [0.15, 0.2) is 0 Å². The molecular formula is C17H23N7. The number of hydrogen-bond acceptors (Lipinski definition) is 7. The first kappa shape index (κ1) is 15.3. The third-order valence-corrected chi connectivity index (χ3v) is 4.65. The molecule has 0 aliphatic carbocycles. The number of nitrogens with zero attached hydrogens (tertiary/aromatic N) is 5. The predicted octanol–water partition coefficient (Wildman–Crippen LogP) is 1.01. The lowest BCUT2D eigenvalue weighted by molar-refractivity contribution is 0.312. The third kappa shape index (κ3) is 3.32. The van der Waals surface area contributed by atoms with Gasteiger partial charge in [-0.3, -0.25) is 0 Å². The molecule has 0 aromatic carbocycles. The van der Waals surface area contributed by atoms with Gasteiger partial charge in [-0.1, -0.05) is 0 Å². The van der Waals surface area contributed by atoms with Crippen molar-refractivity contribution in [3.05, 3.63) is 35.8 Å². The molecule has 24 heavy (non-hydrogen) atoms. The molecule has 0 amide bonds. The van der Waals surface area contributed by atoms with Crippen LogP contribution in [0.25, 0.3) is 0 Å². The van der Waals surface area contributed by atoms with E-state index in [1.807, 2.05) is 18.5 Å². The van der Waals surface area contributed by atoms with Crippen LogP contribution in [0.1, 0.15) is 11.3 Å². The van der Waals surface area contributed by atoms with E-state index in [1.54, 1.807) is 0 Å². The Bertz CT molecular complexity index is 710. The predicted molar refractivity (Wildman–Crippen MR) is 94.7 cm³/mol. The van der Waals surface area contributed by atoms with Crippen molar-refractivity contribution in [2.24, 2.45) is 0 Å². The number of nitrogens with one attached hydrogen (secondary N) is 2. The molecule has 1 fully saturated rings. The monoisotopic (exact) mass is 325 g/mol. The summed E-state index contributed by atoms with van der Waals surface area (Å²) < 4.78 is 0. The minimum atomic E-state index is 0.646. The van der Waals surface area contributed by atoms with Crippen LogP contribution in [0.2, 0.25) is 0 Å². The lowest BCUT2D eigenvalue weighted by Gasteiger charge is -2.33. The van der Waals surface area contributed by atoms with Crippen LogP contribution in [0.4, 0.5) is 17.5 Å². The molecule has 0 atom stereocenters. The first-order chi connectivity index (χ1) is 11.8. The van der Waals surface area contributed by atoms with Crippen molar-refractivity contribution in [3.8, 4) is 0 Å². The van der Waals surface area contributed by atoms with Gasteiger partial charge in [-0.25, -0.2) is 15.0 Å². The van der Waals surface area contributed by atoms with Crippen LogP contribution in [0.5, 0.6) is 0 Å². The molecule has 4 heterocycles. The molecule has 0 unspecified atom stereocenters. The molecule has 2 aromatic rings. The van der Waals surface area contributed by atoms with Gasteiger partial charge in [0, 0.05) is 56.9 Å². The molecule has 0 bridgehead atoms. The highest BCUT2D eigenvalue weighted by Gasteiger charge is 2.16. The van der Waals surface area contributed by atoms with Gasteiger partial charge in [0.2, 0.25) is 5.95 Å². The zero-order valence-electron chi connectivity index (χ0n) is 14.0. The van der Waals surface area contributed by atoms with E-state index < -0.39 is 0 Å². The second-order valence-corrected chi connectivity index (χ2v) is 6.41. The molecule has 4 rings (SSSR count). The zero-order valence-corrected chi connectivity index (χ0v) is 14.0. The van der Waals surface area contributed by atoms with Crippen LogP contribution in [-0.4, -0.2) is 59.6 Å². The molecule has 0 saturated carbocycles. The third-order valence-electron chi connectivity index (χ3n) is 4.65. The summed E-state index contributed by atoms with van der Waals surface area (Å²) >= 11 is 0. The standard InChI is InChI=1S/C17H23N7/c1-23-6-8-24(9-7-23)16-10-14(3-5-19-16)21-17-20-11-13-2-4-18-12-15(13)22-17/h3,5,10-11,18H,2,4,6-9,12H2,1H3,(H,19,20,21,22). The lowest BCUT2D eigenvalue weighted by Crippen LogP contribution is -2.44. The Morgan fingerprint density at radius 1 is 1.17 bits per heavy atom. The molecule has 2 aliphatic heterocycles. The Hall–Kier alpha value is -2.25. The number of hydrogen-bond donors (Lipinski definition) is 2. The van der Waals surface area contributed by atoms with Gasteiger partial charge in [0.1, 0.15) is 5.82 Å². The van der Waals surface area contributed by atoms with Crippen LogP contribution in [0, 0.1) is 0 Å². The smallest absolute Gasteiger partial charge is 0.227 e. The number of anilines is 3. The minimum absolute atomic E-state index is 0.646. The maximum atomic E-state index is 4.64. The Labute approximate surface area is 142 Å². The Morgan fingerprint density at radius 3 is 2.92 bits per heavy atom. The minimum Gasteiger partial charge on any atom is -0.354 e. The SMILES string of the molecule is CN1CCN(c2cc(Nc3ncc4c(n3)CNCC4)ccn2)CC1. The van der Waals surface area contributed by atoms with E-state index in [-0.39, 0.29) is 0 Å². The van der Waals surface area contributed by atoms with E-state index in [4.69, 9.17) is 0 Å². The largest absolute Gasteiger partial charge is 0.354 e. The maximum Gasteiger partial charge on any atom is 0.227 e. The quantitative estimate of drug-likeness (QED) is 0.873. The Balaban J connectivity index is 1.49. The fraction of sp³-hybridized carbons (Fsp3) is 0.471. The van der Waals surface area contributed by atoms with Crippen molar-refractivity contribution >= 4 is 17.5 Å². The molecule has 2 aromatic heterocycles. The van der Waals surface area contributed by atoms with Crippen LogP contribution in [0.15, 0.2) is 24.5 Å². The van der Waals surface area contributed by atoms with E-state index in [1.165, 1.54) is 5.56 Å². The molecule has 2 aliphatic rings. The summed E-state index contributed by atoms with van der Waals surface area (Å²) in [6, 6.07) is 4.03. The van der Waals surface area contributed by atoms with E-state index in [2.05, 4.69) is 48.5 Å². The summed E-state index contributed by atoms with van der Waals surface area (Å²) in [4.78, 5) is 18.3. The fourth-order valence-corrected chi connectivity index (χ4v) is 3.13. The molecule has 126 valence electrons. The Kier molecular flexibility index (Phi) is 4.27. The first-order valence-electron chi connectivity index (χ1n) is 8.50. The highest BCUT2D eigenvalue weighted by molar-refractivity contribution is 5.59. The van der Waals surface area contributed by atoms with Crippen molar-refractivity contribution in [1.29, 1.82) is 0 Å². The molecule has 7 nitrogen and oxygen atoms in total. The summed E-state index contributed by atoms with van der Waals surface area (Å²) in [5.41, 5.74) is 3.31. The van der Waals surface area contributed by atoms with Gasteiger partial charge in [-0.2, -0.15) is 0 Å². The number of pyridine rings is 1.